The van der Waals surface area contributed by atoms with E-state index >= 15 is 0 Å². The van der Waals surface area contributed by atoms with Crippen molar-refractivity contribution in [3.8, 4) is 5.75 Å². The molecular formula is C34H34O7S. The molecular weight excluding hydrogens is 552 g/mol. The molecule has 42 heavy (non-hydrogen) atoms. The molecule has 0 radical (unpaired) electrons. The number of benzene rings is 4. The predicted octanol–water partition coefficient (Wildman–Crippen LogP) is 5.81. The van der Waals surface area contributed by atoms with Crippen molar-refractivity contribution in [1.29, 1.82) is 0 Å². The maximum Gasteiger partial charge on any atom is 0.184 e. The van der Waals surface area contributed by atoms with Crippen LogP contribution in [0.4, 0.5) is 0 Å². The van der Waals surface area contributed by atoms with Crippen LogP contribution in [0.15, 0.2) is 120 Å². The largest absolute Gasteiger partial charge is 0.497 e. The monoisotopic (exact) mass is 586 g/mol. The standard InChI is InChI=1S/C34H34O7S/c1-36-27-19-17-25(18-20-27)22-38-32-31(37-21-24-11-5-2-6-12-24)30-29(23-39-33(41-30)26-13-7-3-8-14-26)40-34(32)42(35)28-15-9-4-10-16-28/h2-20,29-34H,21-23H2,1H3/t29-,30-,31+,32+,33?,34-,42?/m1/s1. The minimum absolute atomic E-state index is 0.266. The normalized spacial score (nSPS) is 26.2. The lowest BCUT2D eigenvalue weighted by atomic mass is 9.98. The van der Waals surface area contributed by atoms with E-state index in [1.807, 2.05) is 115 Å². The molecule has 0 spiro atoms. The molecule has 2 heterocycles. The summed E-state index contributed by atoms with van der Waals surface area (Å²) in [5.74, 6) is 0.761. The molecule has 2 fully saturated rings. The number of methoxy groups -OCH3 is 1. The number of hydrogen-bond acceptors (Lipinski definition) is 7. The fraction of sp³-hybridized carbons (Fsp3) is 0.294. The van der Waals surface area contributed by atoms with E-state index in [1.165, 1.54) is 0 Å². The van der Waals surface area contributed by atoms with Gasteiger partial charge in [0.2, 0.25) is 0 Å². The van der Waals surface area contributed by atoms with Gasteiger partial charge in [0.25, 0.3) is 0 Å². The Morgan fingerprint density at radius 3 is 1.98 bits per heavy atom. The van der Waals surface area contributed by atoms with Crippen LogP contribution in [0.1, 0.15) is 23.0 Å². The van der Waals surface area contributed by atoms with E-state index in [0.717, 1.165) is 22.4 Å². The van der Waals surface area contributed by atoms with Crippen LogP contribution in [0.3, 0.4) is 0 Å². The molecule has 218 valence electrons. The lowest BCUT2D eigenvalue weighted by Crippen LogP contribution is -2.63. The molecule has 0 saturated carbocycles. The van der Waals surface area contributed by atoms with E-state index in [1.54, 1.807) is 7.11 Å². The van der Waals surface area contributed by atoms with Gasteiger partial charge in [0.15, 0.2) is 11.7 Å². The van der Waals surface area contributed by atoms with Crippen molar-refractivity contribution >= 4 is 10.8 Å². The van der Waals surface area contributed by atoms with Crippen molar-refractivity contribution in [2.75, 3.05) is 13.7 Å². The van der Waals surface area contributed by atoms with Crippen LogP contribution < -0.4 is 4.74 Å². The maximum absolute atomic E-state index is 14.0. The third-order valence-electron chi connectivity index (χ3n) is 7.43. The van der Waals surface area contributed by atoms with E-state index in [-0.39, 0.29) is 13.2 Å². The lowest BCUT2D eigenvalue weighted by molar-refractivity contribution is -0.330. The average molecular weight is 587 g/mol. The van der Waals surface area contributed by atoms with Crippen molar-refractivity contribution < 1.29 is 32.6 Å². The Bertz CT molecular complexity index is 1420. The van der Waals surface area contributed by atoms with Crippen molar-refractivity contribution in [2.24, 2.45) is 0 Å². The smallest absolute Gasteiger partial charge is 0.184 e. The molecule has 0 bridgehead atoms. The number of rotatable bonds is 10. The van der Waals surface area contributed by atoms with Gasteiger partial charge in [0.05, 0.1) is 37.7 Å². The molecule has 6 rings (SSSR count). The van der Waals surface area contributed by atoms with Crippen molar-refractivity contribution in [3.05, 3.63) is 132 Å². The van der Waals surface area contributed by atoms with Gasteiger partial charge in [0.1, 0.15) is 30.2 Å². The van der Waals surface area contributed by atoms with Crippen LogP contribution in [0.2, 0.25) is 0 Å². The summed E-state index contributed by atoms with van der Waals surface area (Å²) in [7, 11) is 0.0851. The van der Waals surface area contributed by atoms with Crippen LogP contribution in [0.25, 0.3) is 0 Å². The summed E-state index contributed by atoms with van der Waals surface area (Å²) in [5.41, 5.74) is 2.05. The quantitative estimate of drug-likeness (QED) is 0.232. The van der Waals surface area contributed by atoms with Gasteiger partial charge >= 0.3 is 0 Å². The summed E-state index contributed by atoms with van der Waals surface area (Å²) < 4.78 is 51.8. The Hall–Kier alpha value is -3.37. The highest BCUT2D eigenvalue weighted by Gasteiger charge is 2.53. The zero-order chi connectivity index (χ0) is 28.7. The van der Waals surface area contributed by atoms with Gasteiger partial charge in [-0.2, -0.15) is 0 Å². The molecule has 0 aromatic heterocycles. The van der Waals surface area contributed by atoms with Gasteiger partial charge in [-0.25, -0.2) is 0 Å². The minimum atomic E-state index is -1.55. The van der Waals surface area contributed by atoms with E-state index in [2.05, 4.69) is 0 Å². The highest BCUT2D eigenvalue weighted by Crippen LogP contribution is 2.38. The first-order chi connectivity index (χ1) is 20.7. The molecule has 0 N–H and O–H groups in total. The van der Waals surface area contributed by atoms with Gasteiger partial charge in [-0.3, -0.25) is 4.21 Å². The molecule has 2 aliphatic rings. The molecule has 7 atom stereocenters. The summed E-state index contributed by atoms with van der Waals surface area (Å²) in [6.45, 7) is 0.868. The van der Waals surface area contributed by atoms with Crippen LogP contribution >= 0.6 is 0 Å². The van der Waals surface area contributed by atoms with Gasteiger partial charge in [0, 0.05) is 10.5 Å². The first-order valence-electron chi connectivity index (χ1n) is 14.0. The molecule has 4 aromatic rings. The number of ether oxygens (including phenoxy) is 6. The average Bonchev–Trinajstić information content (AvgIpc) is 3.07. The molecule has 4 aromatic carbocycles. The zero-order valence-electron chi connectivity index (χ0n) is 23.3. The fourth-order valence-electron chi connectivity index (χ4n) is 5.23. The summed E-state index contributed by atoms with van der Waals surface area (Å²) in [6, 6.07) is 36.8. The predicted molar refractivity (Wildman–Crippen MR) is 158 cm³/mol. The maximum atomic E-state index is 14.0. The highest BCUT2D eigenvalue weighted by molar-refractivity contribution is 7.85. The van der Waals surface area contributed by atoms with Gasteiger partial charge in [-0.15, -0.1) is 0 Å². The Morgan fingerprint density at radius 2 is 1.31 bits per heavy atom. The second-order valence-corrected chi connectivity index (χ2v) is 11.7. The highest BCUT2D eigenvalue weighted by atomic mass is 32.2. The first-order valence-corrected chi connectivity index (χ1v) is 15.2. The Kier molecular flexibility index (Phi) is 9.40. The van der Waals surface area contributed by atoms with Gasteiger partial charge in [-0.1, -0.05) is 91.0 Å². The molecule has 2 aliphatic heterocycles. The van der Waals surface area contributed by atoms with Crippen LogP contribution in [0.5, 0.6) is 5.75 Å². The van der Waals surface area contributed by atoms with E-state index in [4.69, 9.17) is 28.4 Å². The van der Waals surface area contributed by atoms with E-state index < -0.39 is 46.9 Å². The summed E-state index contributed by atoms with van der Waals surface area (Å²) in [5, 5.41) is 0. The summed E-state index contributed by atoms with van der Waals surface area (Å²) in [4.78, 5) is 0.653. The number of hydrogen-bond donors (Lipinski definition) is 0. The summed E-state index contributed by atoms with van der Waals surface area (Å²) in [6.07, 6.45) is -2.89. The van der Waals surface area contributed by atoms with E-state index in [0.29, 0.717) is 11.5 Å². The van der Waals surface area contributed by atoms with Crippen LogP contribution in [0, 0.1) is 0 Å². The molecule has 2 saturated heterocycles. The second kappa shape index (κ2) is 13.7. The SMILES string of the molecule is COc1ccc(CO[C@H]2[C@@H](OCc3ccccc3)[C@@H]3OC(c4ccccc4)OC[C@H]3O[C@@H]2S(=O)c2ccccc2)cc1. The first kappa shape index (κ1) is 28.7. The van der Waals surface area contributed by atoms with Crippen LogP contribution in [-0.2, 0) is 47.7 Å². The van der Waals surface area contributed by atoms with Gasteiger partial charge < -0.3 is 28.4 Å². The topological polar surface area (TPSA) is 72.5 Å². The molecule has 0 aliphatic carbocycles. The van der Waals surface area contributed by atoms with Crippen molar-refractivity contribution in [3.63, 3.8) is 0 Å². The Labute approximate surface area is 248 Å². The van der Waals surface area contributed by atoms with Gasteiger partial charge in [-0.05, 0) is 35.4 Å². The van der Waals surface area contributed by atoms with Crippen molar-refractivity contribution in [1.82, 2.24) is 0 Å². The fourth-order valence-corrected chi connectivity index (χ4v) is 6.65. The molecule has 0 amide bonds. The summed E-state index contributed by atoms with van der Waals surface area (Å²) >= 11 is 0. The van der Waals surface area contributed by atoms with E-state index in [9.17, 15) is 4.21 Å². The molecule has 2 unspecified atom stereocenters. The third kappa shape index (κ3) is 6.65. The van der Waals surface area contributed by atoms with Crippen LogP contribution in [-0.4, -0.2) is 47.8 Å². The minimum Gasteiger partial charge on any atom is -0.497 e. The van der Waals surface area contributed by atoms with Crippen molar-refractivity contribution in [2.45, 2.75) is 54.3 Å². The third-order valence-corrected chi connectivity index (χ3v) is 8.97. The molecule has 7 nitrogen and oxygen atoms in total. The zero-order valence-corrected chi connectivity index (χ0v) is 24.1. The number of fused-ring (bicyclic) bond motifs is 1. The second-order valence-electron chi connectivity index (χ2n) is 10.2. The Morgan fingerprint density at radius 1 is 0.714 bits per heavy atom. The molecule has 8 heteroatoms. The lowest BCUT2D eigenvalue weighted by Gasteiger charge is -2.49. The Balaban J connectivity index is 1.32.